The number of methoxy groups -OCH3 is 1. The number of amides is 1. The monoisotopic (exact) mass is 481 g/mol. The zero-order valence-corrected chi connectivity index (χ0v) is 20.7. The van der Waals surface area contributed by atoms with Gasteiger partial charge in [-0.05, 0) is 63.2 Å². The number of ether oxygens (including phenoxy) is 1. The number of rotatable bonds is 6. The minimum Gasteiger partial charge on any atom is -0.380 e. The van der Waals surface area contributed by atoms with Gasteiger partial charge in [-0.25, -0.2) is 14.4 Å². The Bertz CT molecular complexity index is 1040. The van der Waals surface area contributed by atoms with Crippen LogP contribution in [0.5, 0.6) is 0 Å². The van der Waals surface area contributed by atoms with Gasteiger partial charge in [-0.3, -0.25) is 9.69 Å². The topological polar surface area (TPSA) is 79.4 Å². The first-order valence-corrected chi connectivity index (χ1v) is 12.8. The summed E-state index contributed by atoms with van der Waals surface area (Å²) in [5.41, 5.74) is 2.02. The highest BCUT2D eigenvalue weighted by atomic mass is 19.1. The fourth-order valence-corrected chi connectivity index (χ4v) is 6.09. The number of nitrogens with one attached hydrogen (secondary N) is 2. The zero-order valence-electron chi connectivity index (χ0n) is 20.7. The van der Waals surface area contributed by atoms with Crippen LogP contribution in [0, 0.1) is 11.8 Å². The summed E-state index contributed by atoms with van der Waals surface area (Å²) < 4.78 is 22.3. The van der Waals surface area contributed by atoms with Crippen LogP contribution in [0.2, 0.25) is 0 Å². The van der Waals surface area contributed by atoms with Crippen LogP contribution in [0.15, 0.2) is 36.5 Å². The van der Waals surface area contributed by atoms with E-state index in [9.17, 15) is 4.79 Å². The summed E-state index contributed by atoms with van der Waals surface area (Å²) in [4.78, 5) is 24.2. The van der Waals surface area contributed by atoms with Crippen molar-refractivity contribution in [1.29, 1.82) is 0 Å². The summed E-state index contributed by atoms with van der Waals surface area (Å²) in [7, 11) is 1.67. The van der Waals surface area contributed by atoms with Crippen molar-refractivity contribution in [2.45, 2.75) is 57.0 Å². The second kappa shape index (κ2) is 9.91. The normalized spacial score (nSPS) is 31.2. The van der Waals surface area contributed by atoms with Gasteiger partial charge in [-0.2, -0.15) is 0 Å². The molecular formula is C27H36FN5O2. The molecule has 8 heteroatoms. The standard InChI is InChI=1S/C27H36FN5O2/c1-26(32-24(34)21-7-12-29-13-8-21)18-27(28,33-15-10-22(26)11-16-33)25-30-14-9-23(31-25)20-5-3-19(4-6-20)17-35-2/h3-6,9,14,21-22,29H,7-8,10-13,15-18H2,1-2H3,(H,32,34). The molecule has 0 saturated carbocycles. The molecule has 0 aliphatic carbocycles. The Hall–Kier alpha value is -2.42. The molecule has 1 aromatic carbocycles. The van der Waals surface area contributed by atoms with Crippen LogP contribution in [0.4, 0.5) is 4.39 Å². The lowest BCUT2D eigenvalue weighted by atomic mass is 9.77. The lowest BCUT2D eigenvalue weighted by Gasteiger charge is -2.39. The first-order valence-electron chi connectivity index (χ1n) is 12.8. The van der Waals surface area contributed by atoms with Crippen molar-refractivity contribution in [3.8, 4) is 11.3 Å². The molecule has 188 valence electrons. The van der Waals surface area contributed by atoms with Gasteiger partial charge >= 0.3 is 0 Å². The van der Waals surface area contributed by atoms with Crippen molar-refractivity contribution in [2.75, 3.05) is 33.3 Å². The van der Waals surface area contributed by atoms with E-state index in [1.807, 2.05) is 42.2 Å². The van der Waals surface area contributed by atoms with Gasteiger partial charge in [0.15, 0.2) is 5.82 Å². The molecular weight excluding hydrogens is 445 g/mol. The molecule has 0 spiro atoms. The van der Waals surface area contributed by atoms with Gasteiger partial charge in [0.2, 0.25) is 11.7 Å². The largest absolute Gasteiger partial charge is 0.380 e. The molecule has 35 heavy (non-hydrogen) atoms. The highest BCUT2D eigenvalue weighted by Gasteiger charge is 2.55. The number of fused-ring (bicyclic) bond motifs is 4. The van der Waals surface area contributed by atoms with Crippen LogP contribution in [-0.4, -0.2) is 59.6 Å². The number of hydrogen-bond acceptors (Lipinski definition) is 6. The molecule has 2 N–H and O–H groups in total. The highest BCUT2D eigenvalue weighted by Crippen LogP contribution is 2.48. The molecule has 4 aliphatic rings. The first-order chi connectivity index (χ1) is 16.9. The Morgan fingerprint density at radius 1 is 1.17 bits per heavy atom. The summed E-state index contributed by atoms with van der Waals surface area (Å²) in [6.07, 6.45) is 5.16. The van der Waals surface area contributed by atoms with Crippen molar-refractivity contribution in [3.05, 3.63) is 47.9 Å². The fourth-order valence-electron chi connectivity index (χ4n) is 6.09. The molecule has 4 fully saturated rings. The van der Waals surface area contributed by atoms with Gasteiger partial charge in [0.1, 0.15) is 0 Å². The third-order valence-corrected chi connectivity index (χ3v) is 8.18. The highest BCUT2D eigenvalue weighted by molar-refractivity contribution is 5.79. The number of carbonyl (C=O) groups is 1. The maximum absolute atomic E-state index is 17.1. The van der Waals surface area contributed by atoms with E-state index < -0.39 is 11.3 Å². The number of carbonyl (C=O) groups excluding carboxylic acids is 1. The van der Waals surface area contributed by atoms with Gasteiger partial charge in [0, 0.05) is 49.8 Å². The van der Waals surface area contributed by atoms with Crippen molar-refractivity contribution in [2.24, 2.45) is 11.8 Å². The second-order valence-corrected chi connectivity index (χ2v) is 10.5. The van der Waals surface area contributed by atoms with E-state index in [0.717, 1.165) is 49.9 Å². The van der Waals surface area contributed by atoms with Gasteiger partial charge < -0.3 is 15.4 Å². The molecule has 5 heterocycles. The molecule has 0 radical (unpaired) electrons. The van der Waals surface area contributed by atoms with Crippen molar-refractivity contribution in [1.82, 2.24) is 25.5 Å². The van der Waals surface area contributed by atoms with Crippen molar-refractivity contribution < 1.29 is 13.9 Å². The Morgan fingerprint density at radius 3 is 2.57 bits per heavy atom. The Labute approximate surface area is 206 Å². The molecule has 2 unspecified atom stereocenters. The van der Waals surface area contributed by atoms with Gasteiger partial charge in [-0.15, -0.1) is 0 Å². The molecule has 4 aliphatic heterocycles. The summed E-state index contributed by atoms with van der Waals surface area (Å²) in [6, 6.07) is 9.77. The number of aromatic nitrogens is 2. The molecule has 6 rings (SSSR count). The van der Waals surface area contributed by atoms with Crippen LogP contribution in [0.25, 0.3) is 11.3 Å². The summed E-state index contributed by atoms with van der Waals surface area (Å²) in [5.74, 6) is -1.38. The van der Waals surface area contributed by atoms with Crippen molar-refractivity contribution in [3.63, 3.8) is 0 Å². The molecule has 7 nitrogen and oxygen atoms in total. The van der Waals surface area contributed by atoms with Gasteiger partial charge in [0.05, 0.1) is 12.3 Å². The van der Waals surface area contributed by atoms with Crippen molar-refractivity contribution >= 4 is 5.91 Å². The maximum Gasteiger partial charge on any atom is 0.226 e. The van der Waals surface area contributed by atoms with E-state index in [1.165, 1.54) is 0 Å². The van der Waals surface area contributed by atoms with Crippen LogP contribution in [-0.2, 0) is 21.9 Å². The zero-order chi connectivity index (χ0) is 24.5. The number of alkyl halides is 1. The average Bonchev–Trinajstić information content (AvgIpc) is 3.06. The maximum atomic E-state index is 17.1. The second-order valence-electron chi connectivity index (χ2n) is 10.5. The Morgan fingerprint density at radius 2 is 1.89 bits per heavy atom. The third-order valence-electron chi connectivity index (χ3n) is 8.18. The van der Waals surface area contributed by atoms with E-state index in [4.69, 9.17) is 9.72 Å². The lowest BCUT2D eigenvalue weighted by molar-refractivity contribution is -0.129. The summed E-state index contributed by atoms with van der Waals surface area (Å²) in [5, 5.41) is 6.63. The van der Waals surface area contributed by atoms with E-state index in [2.05, 4.69) is 15.6 Å². The predicted molar refractivity (Wildman–Crippen MR) is 132 cm³/mol. The molecule has 2 atom stereocenters. The Kier molecular flexibility index (Phi) is 6.88. The molecule has 1 aromatic heterocycles. The molecule has 2 bridgehead atoms. The van der Waals surface area contributed by atoms with E-state index in [-0.39, 0.29) is 30.0 Å². The third kappa shape index (κ3) is 4.84. The SMILES string of the molecule is COCc1ccc(-c2ccnc(C3(F)CC(C)(NC(=O)C4CCNCC4)C4CCN3CC4)n2)cc1. The van der Waals surface area contributed by atoms with E-state index in [1.54, 1.807) is 13.3 Å². The van der Waals surface area contributed by atoms with Gasteiger partial charge in [0.25, 0.3) is 0 Å². The van der Waals surface area contributed by atoms with Gasteiger partial charge in [-0.1, -0.05) is 24.3 Å². The molecule has 1 amide bonds. The Balaban J connectivity index is 1.43. The molecule has 2 aromatic rings. The number of halogens is 1. The lowest BCUT2D eigenvalue weighted by Crippen LogP contribution is -2.55. The number of piperidine rings is 2. The minimum atomic E-state index is -1.84. The van der Waals surface area contributed by atoms with Crippen LogP contribution >= 0.6 is 0 Å². The average molecular weight is 482 g/mol. The smallest absolute Gasteiger partial charge is 0.226 e. The summed E-state index contributed by atoms with van der Waals surface area (Å²) in [6.45, 7) is 5.55. The fraction of sp³-hybridized carbons (Fsp3) is 0.593. The number of benzene rings is 1. The first kappa shape index (κ1) is 24.3. The quantitative estimate of drug-likeness (QED) is 0.616. The summed E-state index contributed by atoms with van der Waals surface area (Å²) >= 11 is 0. The molecule has 4 saturated heterocycles. The number of hydrogen-bond donors (Lipinski definition) is 2. The van der Waals surface area contributed by atoms with E-state index in [0.29, 0.717) is 25.4 Å². The van der Waals surface area contributed by atoms with Crippen LogP contribution in [0.1, 0.15) is 50.4 Å². The number of nitrogens with zero attached hydrogens (tertiary/aromatic N) is 3. The minimum absolute atomic E-state index is 0.0106. The van der Waals surface area contributed by atoms with Crippen LogP contribution < -0.4 is 10.6 Å². The van der Waals surface area contributed by atoms with Crippen LogP contribution in [0.3, 0.4) is 0 Å². The van der Waals surface area contributed by atoms with E-state index >= 15 is 4.39 Å². The predicted octanol–water partition coefficient (Wildman–Crippen LogP) is 3.40.